The van der Waals surface area contributed by atoms with Gasteiger partial charge in [0.1, 0.15) is 4.83 Å². The Hall–Kier alpha value is -2.41. The molecule has 7 heteroatoms. The van der Waals surface area contributed by atoms with E-state index in [1.807, 2.05) is 6.92 Å². The van der Waals surface area contributed by atoms with E-state index in [0.29, 0.717) is 35.2 Å². The number of hydrogen-bond donors (Lipinski definition) is 1. The molecule has 1 N–H and O–H groups in total. The summed E-state index contributed by atoms with van der Waals surface area (Å²) in [6, 6.07) is 5.26. The second-order valence-corrected chi connectivity index (χ2v) is 9.22. The fourth-order valence-corrected chi connectivity index (χ4v) is 5.99. The Kier molecular flexibility index (Phi) is 5.81. The van der Waals surface area contributed by atoms with Crippen LogP contribution >= 0.6 is 11.3 Å². The number of hydrogen-bond acceptors (Lipinski definition) is 3. The molecule has 1 unspecified atom stereocenters. The Morgan fingerprint density at radius 1 is 1.26 bits per heavy atom. The molecule has 0 aliphatic heterocycles. The largest absolute Gasteiger partial charge is 0.481 e. The number of thiophene rings is 1. The molecule has 164 valence electrons. The lowest BCUT2D eigenvalue weighted by atomic mass is 9.83. The van der Waals surface area contributed by atoms with Crippen LogP contribution in [0.3, 0.4) is 0 Å². The molecule has 2 aromatic heterocycles. The second-order valence-electron chi connectivity index (χ2n) is 8.14. The lowest BCUT2D eigenvalue weighted by Gasteiger charge is -2.22. The van der Waals surface area contributed by atoms with Gasteiger partial charge in [-0.3, -0.25) is 4.79 Å². The molecule has 1 aliphatic rings. The number of carbonyl (C=O) groups is 1. The zero-order valence-corrected chi connectivity index (χ0v) is 18.3. The van der Waals surface area contributed by atoms with Crippen molar-refractivity contribution in [2.24, 2.45) is 0 Å². The highest BCUT2D eigenvalue weighted by Crippen LogP contribution is 2.46. The van der Waals surface area contributed by atoms with Crippen LogP contribution < -0.4 is 0 Å². The molecule has 0 saturated heterocycles. The fraction of sp³-hybridized carbons (Fsp3) is 0.417. The molecule has 0 saturated carbocycles. The molecular formula is C24H24F3NO2S. The number of aliphatic carboxylic acids is 1. The smallest absolute Gasteiger partial charge is 0.416 e. The molecule has 0 amide bonds. The molecule has 1 aromatic carbocycles. The van der Waals surface area contributed by atoms with Crippen LogP contribution in [0.25, 0.3) is 21.3 Å². The zero-order chi connectivity index (χ0) is 22.3. The average Bonchev–Trinajstić information content (AvgIpc) is 3.08. The van der Waals surface area contributed by atoms with Gasteiger partial charge in [-0.2, -0.15) is 13.2 Å². The Bertz CT molecular complexity index is 1150. The van der Waals surface area contributed by atoms with Gasteiger partial charge in [0.15, 0.2) is 0 Å². The normalized spacial score (nSPS) is 15.1. The molecule has 0 fully saturated rings. The van der Waals surface area contributed by atoms with E-state index in [4.69, 9.17) is 4.98 Å². The Morgan fingerprint density at radius 3 is 2.68 bits per heavy atom. The summed E-state index contributed by atoms with van der Waals surface area (Å²) in [5.74, 6) is -1.78. The van der Waals surface area contributed by atoms with Crippen LogP contribution in [0, 0.1) is 6.92 Å². The monoisotopic (exact) mass is 447 g/mol. The van der Waals surface area contributed by atoms with E-state index in [2.05, 4.69) is 0 Å². The van der Waals surface area contributed by atoms with E-state index >= 15 is 0 Å². The number of carboxylic acid groups (broad SMARTS) is 1. The molecule has 3 aromatic rings. The number of carboxylic acids is 1. The third-order valence-electron chi connectivity index (χ3n) is 6.03. The predicted molar refractivity (Wildman–Crippen MR) is 117 cm³/mol. The van der Waals surface area contributed by atoms with Crippen molar-refractivity contribution >= 4 is 27.5 Å². The van der Waals surface area contributed by atoms with Crippen LogP contribution in [0.15, 0.2) is 24.3 Å². The summed E-state index contributed by atoms with van der Waals surface area (Å²) in [6.07, 6.45) is 0.460. The Morgan fingerprint density at radius 2 is 2.00 bits per heavy atom. The Balaban J connectivity index is 2.10. The van der Waals surface area contributed by atoms with Crippen LogP contribution in [0.4, 0.5) is 13.2 Å². The molecule has 31 heavy (non-hydrogen) atoms. The number of aryl methyl sites for hydroxylation is 3. The summed E-state index contributed by atoms with van der Waals surface area (Å²) in [4.78, 5) is 19.0. The van der Waals surface area contributed by atoms with Gasteiger partial charge >= 0.3 is 12.1 Å². The van der Waals surface area contributed by atoms with Crippen LogP contribution in [-0.4, -0.2) is 16.1 Å². The maximum Gasteiger partial charge on any atom is 0.416 e. The van der Waals surface area contributed by atoms with E-state index in [1.54, 1.807) is 24.3 Å². The molecule has 1 aliphatic carbocycles. The number of benzene rings is 1. The molecule has 0 radical (unpaired) electrons. The van der Waals surface area contributed by atoms with Gasteiger partial charge < -0.3 is 5.11 Å². The van der Waals surface area contributed by atoms with Crippen molar-refractivity contribution in [2.45, 2.75) is 64.5 Å². The molecule has 0 bridgehead atoms. The number of pyridine rings is 1. The lowest BCUT2D eigenvalue weighted by Crippen LogP contribution is -2.15. The summed E-state index contributed by atoms with van der Waals surface area (Å²) in [6.45, 7) is 3.68. The maximum atomic E-state index is 13.5. The molecule has 3 nitrogen and oxygen atoms in total. The minimum absolute atomic E-state index is 0.404. The van der Waals surface area contributed by atoms with Gasteiger partial charge in [0.2, 0.25) is 0 Å². The summed E-state index contributed by atoms with van der Waals surface area (Å²) in [5.41, 5.74) is 2.56. The van der Waals surface area contributed by atoms with Gasteiger partial charge in [-0.1, -0.05) is 25.5 Å². The highest BCUT2D eigenvalue weighted by molar-refractivity contribution is 7.19. The number of halogens is 3. The second kappa shape index (κ2) is 8.26. The van der Waals surface area contributed by atoms with Gasteiger partial charge in [-0.25, -0.2) is 4.98 Å². The first kappa shape index (κ1) is 21.8. The summed E-state index contributed by atoms with van der Waals surface area (Å²) >= 11 is 1.59. The van der Waals surface area contributed by atoms with Gasteiger partial charge in [0.05, 0.1) is 11.5 Å². The van der Waals surface area contributed by atoms with Crippen LogP contribution in [0.2, 0.25) is 0 Å². The van der Waals surface area contributed by atoms with Crippen molar-refractivity contribution < 1.29 is 23.1 Å². The first-order chi connectivity index (χ1) is 14.7. The van der Waals surface area contributed by atoms with Crippen LogP contribution in [0.5, 0.6) is 0 Å². The minimum Gasteiger partial charge on any atom is -0.481 e. The van der Waals surface area contributed by atoms with E-state index in [0.717, 1.165) is 53.6 Å². The average molecular weight is 448 g/mol. The van der Waals surface area contributed by atoms with Crippen molar-refractivity contribution in [1.29, 1.82) is 0 Å². The van der Waals surface area contributed by atoms with Gasteiger partial charge in [0.25, 0.3) is 0 Å². The number of aromatic nitrogens is 1. The standard InChI is InChI=1S/C24H24F3NO2S/c1-3-7-17(23(29)30)19-13(2)28-22-21(16-10-4-5-11-18(16)31-22)20(19)14-8-6-9-15(12-14)24(25,26)27/h6,8-9,12,17H,3-5,7,10-11H2,1-2H3,(H,29,30). The summed E-state index contributed by atoms with van der Waals surface area (Å²) in [7, 11) is 0. The number of alkyl halides is 3. The summed E-state index contributed by atoms with van der Waals surface area (Å²) in [5, 5.41) is 10.8. The SMILES string of the molecule is CCCC(C(=O)O)c1c(C)nc2sc3c(c2c1-c1cccc(C(F)(F)F)c1)CCCC3. The quantitative estimate of drug-likeness (QED) is 0.452. The minimum atomic E-state index is -4.47. The van der Waals surface area contributed by atoms with Crippen molar-refractivity contribution in [2.75, 3.05) is 0 Å². The maximum absolute atomic E-state index is 13.5. The first-order valence-electron chi connectivity index (χ1n) is 10.6. The van der Waals surface area contributed by atoms with Crippen LogP contribution in [-0.2, 0) is 23.8 Å². The lowest BCUT2D eigenvalue weighted by molar-refractivity contribution is -0.139. The molecule has 2 heterocycles. The topological polar surface area (TPSA) is 50.2 Å². The van der Waals surface area contributed by atoms with Gasteiger partial charge in [-0.15, -0.1) is 11.3 Å². The first-order valence-corrected chi connectivity index (χ1v) is 11.4. The highest BCUT2D eigenvalue weighted by atomic mass is 32.1. The number of fused-ring (bicyclic) bond motifs is 3. The van der Waals surface area contributed by atoms with E-state index < -0.39 is 23.6 Å². The van der Waals surface area contributed by atoms with E-state index in [-0.39, 0.29) is 0 Å². The molecular weight excluding hydrogens is 423 g/mol. The van der Waals surface area contributed by atoms with E-state index in [1.165, 1.54) is 10.9 Å². The molecule has 1 atom stereocenters. The zero-order valence-electron chi connectivity index (χ0n) is 17.5. The number of rotatable bonds is 5. The van der Waals surface area contributed by atoms with Crippen molar-refractivity contribution in [3.63, 3.8) is 0 Å². The Labute approximate surface area is 182 Å². The van der Waals surface area contributed by atoms with Crippen molar-refractivity contribution in [1.82, 2.24) is 4.98 Å². The van der Waals surface area contributed by atoms with Crippen molar-refractivity contribution in [3.05, 3.63) is 51.5 Å². The summed E-state index contributed by atoms with van der Waals surface area (Å²) < 4.78 is 40.5. The van der Waals surface area contributed by atoms with Gasteiger partial charge in [0, 0.05) is 16.0 Å². The van der Waals surface area contributed by atoms with Crippen LogP contribution in [0.1, 0.15) is 65.8 Å². The van der Waals surface area contributed by atoms with Gasteiger partial charge in [-0.05, 0) is 73.4 Å². The fourth-order valence-electron chi connectivity index (χ4n) is 4.67. The predicted octanol–water partition coefficient (Wildman–Crippen LogP) is 7.14. The number of nitrogens with zero attached hydrogens (tertiary/aromatic N) is 1. The van der Waals surface area contributed by atoms with E-state index in [9.17, 15) is 23.1 Å². The third kappa shape index (κ3) is 3.95. The highest BCUT2D eigenvalue weighted by Gasteiger charge is 2.33. The third-order valence-corrected chi connectivity index (χ3v) is 7.22. The molecule has 4 rings (SSSR count). The van der Waals surface area contributed by atoms with Crippen molar-refractivity contribution in [3.8, 4) is 11.1 Å². The molecule has 0 spiro atoms.